The first-order valence-corrected chi connectivity index (χ1v) is 10.0. The lowest BCUT2D eigenvalue weighted by molar-refractivity contribution is 0.0601. The van der Waals surface area contributed by atoms with Gasteiger partial charge in [0, 0.05) is 10.4 Å². The fraction of sp³-hybridized carbons (Fsp3) is 0.294. The van der Waals surface area contributed by atoms with Gasteiger partial charge in [0.05, 0.1) is 23.3 Å². The summed E-state index contributed by atoms with van der Waals surface area (Å²) in [6, 6.07) is 5.83. The number of amides is 1. The van der Waals surface area contributed by atoms with Gasteiger partial charge in [0.15, 0.2) is 9.84 Å². The number of nitrogens with one attached hydrogen (secondary N) is 1. The summed E-state index contributed by atoms with van der Waals surface area (Å²) in [6.07, 6.45) is 0. The highest BCUT2D eigenvalue weighted by molar-refractivity contribution is 7.91. The minimum absolute atomic E-state index is 0.0477. The van der Waals surface area contributed by atoms with Gasteiger partial charge in [-0.3, -0.25) is 4.79 Å². The van der Waals surface area contributed by atoms with Gasteiger partial charge in [0.1, 0.15) is 5.00 Å². The quantitative estimate of drug-likeness (QED) is 0.804. The zero-order valence-corrected chi connectivity index (χ0v) is 16.0. The van der Waals surface area contributed by atoms with Crippen LogP contribution in [-0.4, -0.2) is 33.2 Å². The molecule has 134 valence electrons. The smallest absolute Gasteiger partial charge is 0.341 e. The van der Waals surface area contributed by atoms with Gasteiger partial charge in [0.25, 0.3) is 5.91 Å². The average Bonchev–Trinajstić information content (AvgIpc) is 2.88. The number of rotatable bonds is 5. The zero-order valence-electron chi connectivity index (χ0n) is 14.4. The lowest BCUT2D eigenvalue weighted by Gasteiger charge is -2.08. The third kappa shape index (κ3) is 3.91. The van der Waals surface area contributed by atoms with Crippen LogP contribution in [0.4, 0.5) is 5.00 Å². The number of esters is 1. The summed E-state index contributed by atoms with van der Waals surface area (Å²) < 4.78 is 28.7. The Morgan fingerprint density at radius 1 is 1.24 bits per heavy atom. The van der Waals surface area contributed by atoms with Gasteiger partial charge >= 0.3 is 5.97 Å². The highest BCUT2D eigenvalue weighted by Gasteiger charge is 2.22. The highest BCUT2D eigenvalue weighted by atomic mass is 32.2. The van der Waals surface area contributed by atoms with Crippen LogP contribution in [0.15, 0.2) is 29.2 Å². The fourth-order valence-corrected chi connectivity index (χ4v) is 4.20. The normalized spacial score (nSPS) is 11.2. The van der Waals surface area contributed by atoms with E-state index >= 15 is 0 Å². The van der Waals surface area contributed by atoms with Crippen molar-refractivity contribution in [2.75, 3.05) is 18.2 Å². The third-order valence-corrected chi connectivity index (χ3v) is 6.69. The average molecular weight is 381 g/mol. The number of sulfone groups is 1. The summed E-state index contributed by atoms with van der Waals surface area (Å²) in [5, 5.41) is 3.07. The molecule has 0 saturated heterocycles. The molecule has 1 aromatic carbocycles. The predicted molar refractivity (Wildman–Crippen MR) is 97.3 cm³/mol. The minimum Gasteiger partial charge on any atom is -0.465 e. The first-order chi connectivity index (χ1) is 11.7. The number of thiophene rings is 1. The van der Waals surface area contributed by atoms with Crippen molar-refractivity contribution >= 4 is 38.1 Å². The Kier molecular flexibility index (Phi) is 5.64. The Morgan fingerprint density at radius 3 is 2.52 bits per heavy atom. The number of methoxy groups -OCH3 is 1. The minimum atomic E-state index is -3.41. The van der Waals surface area contributed by atoms with Crippen molar-refractivity contribution in [1.82, 2.24) is 0 Å². The molecule has 2 rings (SSSR count). The first kappa shape index (κ1) is 19.1. The molecular formula is C17H19NO5S2. The lowest BCUT2D eigenvalue weighted by Crippen LogP contribution is -2.15. The van der Waals surface area contributed by atoms with Crippen molar-refractivity contribution in [3.8, 4) is 0 Å². The summed E-state index contributed by atoms with van der Waals surface area (Å²) in [6.45, 7) is 5.17. The van der Waals surface area contributed by atoms with Gasteiger partial charge in [-0.05, 0) is 37.6 Å². The van der Waals surface area contributed by atoms with E-state index in [2.05, 4.69) is 5.32 Å². The Bertz CT molecular complexity index is 929. The number of hydrogen-bond acceptors (Lipinski definition) is 6. The van der Waals surface area contributed by atoms with E-state index in [1.807, 2.05) is 6.92 Å². The van der Waals surface area contributed by atoms with Crippen LogP contribution < -0.4 is 5.32 Å². The van der Waals surface area contributed by atoms with Crippen molar-refractivity contribution in [2.24, 2.45) is 0 Å². The third-order valence-electron chi connectivity index (χ3n) is 3.84. The lowest BCUT2D eigenvalue weighted by atomic mass is 10.1. The maximum atomic E-state index is 12.5. The van der Waals surface area contributed by atoms with Crippen LogP contribution in [0.3, 0.4) is 0 Å². The Hall–Kier alpha value is -2.19. The predicted octanol–water partition coefficient (Wildman–Crippen LogP) is 3.20. The molecule has 1 aromatic heterocycles. The number of benzene rings is 1. The monoisotopic (exact) mass is 381 g/mol. The van der Waals surface area contributed by atoms with E-state index in [1.165, 1.54) is 42.7 Å². The molecule has 0 atom stereocenters. The van der Waals surface area contributed by atoms with E-state index in [9.17, 15) is 18.0 Å². The number of carbonyl (C=O) groups excluding carboxylic acids is 2. The molecular weight excluding hydrogens is 362 g/mol. The van der Waals surface area contributed by atoms with Crippen LogP contribution in [0.5, 0.6) is 0 Å². The Labute approximate surface area is 150 Å². The second-order valence-corrected chi connectivity index (χ2v) is 8.87. The first-order valence-electron chi connectivity index (χ1n) is 7.53. The molecule has 0 aliphatic carbocycles. The molecule has 0 aliphatic heterocycles. The van der Waals surface area contributed by atoms with Gasteiger partial charge in [-0.2, -0.15) is 0 Å². The van der Waals surface area contributed by atoms with Crippen LogP contribution in [0, 0.1) is 13.8 Å². The molecule has 0 unspecified atom stereocenters. The number of ether oxygens (including phenoxy) is 1. The molecule has 1 amide bonds. The summed E-state index contributed by atoms with van der Waals surface area (Å²) in [5.74, 6) is -1.06. The molecule has 0 bridgehead atoms. The van der Waals surface area contributed by atoms with Crippen LogP contribution >= 0.6 is 11.3 Å². The van der Waals surface area contributed by atoms with Crippen molar-refractivity contribution in [1.29, 1.82) is 0 Å². The molecule has 0 saturated carbocycles. The van der Waals surface area contributed by atoms with Gasteiger partial charge < -0.3 is 10.1 Å². The molecule has 1 N–H and O–H groups in total. The summed E-state index contributed by atoms with van der Waals surface area (Å²) in [4.78, 5) is 25.5. The maximum Gasteiger partial charge on any atom is 0.341 e. The van der Waals surface area contributed by atoms with E-state index in [1.54, 1.807) is 13.8 Å². The maximum absolute atomic E-state index is 12.5. The number of aryl methyl sites for hydroxylation is 1. The van der Waals surface area contributed by atoms with Crippen molar-refractivity contribution < 1.29 is 22.7 Å². The molecule has 6 nitrogen and oxygen atoms in total. The van der Waals surface area contributed by atoms with Crippen molar-refractivity contribution in [2.45, 2.75) is 25.7 Å². The summed E-state index contributed by atoms with van der Waals surface area (Å²) >= 11 is 1.27. The number of anilines is 1. The van der Waals surface area contributed by atoms with E-state index in [0.717, 1.165) is 10.4 Å². The molecule has 2 aromatic rings. The SMILES string of the molecule is CCS(=O)(=O)c1cccc(C(=O)Nc2sc(C)c(C)c2C(=O)OC)c1. The molecule has 8 heteroatoms. The standard InChI is InChI=1S/C17H19NO5S2/c1-5-25(21,22)13-8-6-7-12(9-13)15(19)18-16-14(17(20)23-4)10(2)11(3)24-16/h6-9H,5H2,1-4H3,(H,18,19). The van der Waals surface area contributed by atoms with Crippen LogP contribution in [0.2, 0.25) is 0 Å². The van der Waals surface area contributed by atoms with Gasteiger partial charge in [-0.25, -0.2) is 13.2 Å². The largest absolute Gasteiger partial charge is 0.465 e. The summed E-state index contributed by atoms with van der Waals surface area (Å²) in [7, 11) is -2.13. The summed E-state index contributed by atoms with van der Waals surface area (Å²) in [5.41, 5.74) is 1.26. The van der Waals surface area contributed by atoms with E-state index in [4.69, 9.17) is 4.74 Å². The molecule has 0 spiro atoms. The van der Waals surface area contributed by atoms with Gasteiger partial charge in [-0.1, -0.05) is 13.0 Å². The highest BCUT2D eigenvalue weighted by Crippen LogP contribution is 2.33. The molecule has 0 fully saturated rings. The number of carbonyl (C=O) groups is 2. The van der Waals surface area contributed by atoms with Crippen molar-refractivity contribution in [3.05, 3.63) is 45.8 Å². The van der Waals surface area contributed by atoms with Crippen molar-refractivity contribution in [3.63, 3.8) is 0 Å². The van der Waals surface area contributed by atoms with Crippen LogP contribution in [-0.2, 0) is 14.6 Å². The second-order valence-electron chi connectivity index (χ2n) is 5.36. The molecule has 1 heterocycles. The Balaban J connectivity index is 2.37. The van der Waals surface area contributed by atoms with E-state index in [-0.39, 0.29) is 16.2 Å². The molecule has 25 heavy (non-hydrogen) atoms. The van der Waals surface area contributed by atoms with Gasteiger partial charge in [0.2, 0.25) is 0 Å². The zero-order chi connectivity index (χ0) is 18.8. The van der Waals surface area contributed by atoms with Crippen LogP contribution in [0.25, 0.3) is 0 Å². The molecule has 0 radical (unpaired) electrons. The fourth-order valence-electron chi connectivity index (χ4n) is 2.24. The van der Waals surface area contributed by atoms with E-state index in [0.29, 0.717) is 10.6 Å². The Morgan fingerprint density at radius 2 is 1.92 bits per heavy atom. The molecule has 0 aliphatic rings. The number of hydrogen-bond donors (Lipinski definition) is 1. The van der Waals surface area contributed by atoms with E-state index < -0.39 is 21.7 Å². The van der Waals surface area contributed by atoms with Gasteiger partial charge in [-0.15, -0.1) is 11.3 Å². The topological polar surface area (TPSA) is 89.5 Å². The second kappa shape index (κ2) is 7.37. The van der Waals surface area contributed by atoms with Crippen LogP contribution in [0.1, 0.15) is 38.1 Å².